The van der Waals surface area contributed by atoms with E-state index in [4.69, 9.17) is 4.74 Å². The Morgan fingerprint density at radius 1 is 1.00 bits per heavy atom. The van der Waals surface area contributed by atoms with Gasteiger partial charge in [-0.15, -0.1) is 0 Å². The van der Waals surface area contributed by atoms with Crippen molar-refractivity contribution in [1.82, 2.24) is 4.98 Å². The molecule has 0 aliphatic heterocycles. The molecule has 19 heavy (non-hydrogen) atoms. The molecule has 1 N–H and O–H groups in total. The van der Waals surface area contributed by atoms with Crippen molar-refractivity contribution < 1.29 is 9.84 Å². The number of fused-ring (bicyclic) bond motifs is 1. The second-order valence-electron chi connectivity index (χ2n) is 4.28. The molecule has 2 aromatic carbocycles. The molecular formula is C16H13NO2. The maximum atomic E-state index is 9.39. The van der Waals surface area contributed by atoms with Gasteiger partial charge >= 0.3 is 0 Å². The highest BCUT2D eigenvalue weighted by molar-refractivity contribution is 5.81. The first-order valence-electron chi connectivity index (χ1n) is 6.07. The summed E-state index contributed by atoms with van der Waals surface area (Å²) in [7, 11) is 0. The molecule has 0 atom stereocenters. The van der Waals surface area contributed by atoms with Crippen molar-refractivity contribution in [2.45, 2.75) is 6.61 Å². The van der Waals surface area contributed by atoms with Crippen molar-refractivity contribution in [3.63, 3.8) is 0 Å². The number of para-hydroxylation sites is 1. The smallest absolute Gasteiger partial charge is 0.123 e. The highest BCUT2D eigenvalue weighted by atomic mass is 16.5. The predicted molar refractivity (Wildman–Crippen MR) is 74.2 cm³/mol. The Kier molecular flexibility index (Phi) is 3.02. The Balaban J connectivity index is 1.86. The molecule has 0 aliphatic rings. The van der Waals surface area contributed by atoms with Gasteiger partial charge < -0.3 is 9.84 Å². The highest BCUT2D eigenvalue weighted by Crippen LogP contribution is 2.21. The van der Waals surface area contributed by atoms with Crippen LogP contribution in [0.1, 0.15) is 5.56 Å². The van der Waals surface area contributed by atoms with Gasteiger partial charge in [-0.1, -0.05) is 30.3 Å². The van der Waals surface area contributed by atoms with Gasteiger partial charge in [0.2, 0.25) is 0 Å². The topological polar surface area (TPSA) is 42.4 Å². The molecule has 0 bridgehead atoms. The summed E-state index contributed by atoms with van der Waals surface area (Å²) < 4.78 is 5.68. The molecule has 1 heterocycles. The standard InChI is InChI=1S/C16H13NO2/c18-14-7-2-8-15(10-14)19-11-13-5-1-4-12-6-3-9-17-16(12)13/h1-10,18H,11H2. The van der Waals surface area contributed by atoms with Gasteiger partial charge in [-0.25, -0.2) is 0 Å². The third-order valence-electron chi connectivity index (χ3n) is 2.93. The summed E-state index contributed by atoms with van der Waals surface area (Å²) in [6.45, 7) is 0.428. The Labute approximate surface area is 111 Å². The lowest BCUT2D eigenvalue weighted by molar-refractivity contribution is 0.305. The minimum absolute atomic E-state index is 0.202. The van der Waals surface area contributed by atoms with E-state index in [2.05, 4.69) is 4.98 Å². The number of ether oxygens (including phenoxy) is 1. The van der Waals surface area contributed by atoms with E-state index in [1.807, 2.05) is 36.4 Å². The lowest BCUT2D eigenvalue weighted by atomic mass is 10.1. The molecule has 0 saturated heterocycles. The number of aromatic nitrogens is 1. The normalized spacial score (nSPS) is 10.5. The molecule has 1 aromatic heterocycles. The van der Waals surface area contributed by atoms with Gasteiger partial charge in [0.1, 0.15) is 18.1 Å². The van der Waals surface area contributed by atoms with Gasteiger partial charge in [0.05, 0.1) is 5.52 Å². The fourth-order valence-corrected chi connectivity index (χ4v) is 2.02. The van der Waals surface area contributed by atoms with Crippen molar-refractivity contribution in [2.75, 3.05) is 0 Å². The molecule has 94 valence electrons. The number of phenols is 1. The van der Waals surface area contributed by atoms with Crippen LogP contribution in [0, 0.1) is 0 Å². The van der Waals surface area contributed by atoms with Crippen molar-refractivity contribution >= 4 is 10.9 Å². The summed E-state index contributed by atoms with van der Waals surface area (Å²) in [4.78, 5) is 4.38. The van der Waals surface area contributed by atoms with Gasteiger partial charge in [-0.2, -0.15) is 0 Å². The van der Waals surface area contributed by atoms with E-state index >= 15 is 0 Å². The first kappa shape index (κ1) is 11.5. The maximum absolute atomic E-state index is 9.39. The van der Waals surface area contributed by atoms with Crippen molar-refractivity contribution in [3.05, 3.63) is 66.4 Å². The summed E-state index contributed by atoms with van der Waals surface area (Å²) in [6.07, 6.45) is 1.78. The second kappa shape index (κ2) is 4.98. The second-order valence-corrected chi connectivity index (χ2v) is 4.28. The minimum atomic E-state index is 0.202. The third kappa shape index (κ3) is 2.50. The largest absolute Gasteiger partial charge is 0.508 e. The Morgan fingerprint density at radius 2 is 1.84 bits per heavy atom. The average molecular weight is 251 g/mol. The predicted octanol–water partition coefficient (Wildman–Crippen LogP) is 3.52. The van der Waals surface area contributed by atoms with Crippen LogP contribution < -0.4 is 4.74 Å². The van der Waals surface area contributed by atoms with Crippen LogP contribution in [0.15, 0.2) is 60.8 Å². The summed E-state index contributed by atoms with van der Waals surface area (Å²) in [6, 6.07) is 16.8. The lowest BCUT2D eigenvalue weighted by Gasteiger charge is -2.08. The van der Waals surface area contributed by atoms with Crippen molar-refractivity contribution in [3.8, 4) is 11.5 Å². The number of rotatable bonds is 3. The van der Waals surface area contributed by atoms with Gasteiger partial charge in [0, 0.05) is 23.2 Å². The van der Waals surface area contributed by atoms with Crippen LogP contribution in [-0.2, 0) is 6.61 Å². The fourth-order valence-electron chi connectivity index (χ4n) is 2.02. The lowest BCUT2D eigenvalue weighted by Crippen LogP contribution is -1.97. The molecule has 0 spiro atoms. The number of pyridine rings is 1. The van der Waals surface area contributed by atoms with Gasteiger partial charge in [0.25, 0.3) is 0 Å². The monoisotopic (exact) mass is 251 g/mol. The molecule has 0 fully saturated rings. The molecule has 0 amide bonds. The molecule has 0 radical (unpaired) electrons. The first-order chi connectivity index (χ1) is 9.33. The van der Waals surface area contributed by atoms with Crippen molar-refractivity contribution in [2.24, 2.45) is 0 Å². The third-order valence-corrected chi connectivity index (χ3v) is 2.93. The summed E-state index contributed by atoms with van der Waals surface area (Å²) in [5.74, 6) is 0.849. The summed E-state index contributed by atoms with van der Waals surface area (Å²) >= 11 is 0. The number of benzene rings is 2. The maximum Gasteiger partial charge on any atom is 0.123 e. The molecular weight excluding hydrogens is 238 g/mol. The van der Waals surface area contributed by atoms with Crippen LogP contribution in [0.2, 0.25) is 0 Å². The number of hydrogen-bond acceptors (Lipinski definition) is 3. The summed E-state index contributed by atoms with van der Waals surface area (Å²) in [5, 5.41) is 10.5. The number of phenolic OH excluding ortho intramolecular Hbond substituents is 1. The number of hydrogen-bond donors (Lipinski definition) is 1. The average Bonchev–Trinajstić information content (AvgIpc) is 2.45. The Morgan fingerprint density at radius 3 is 2.74 bits per heavy atom. The van der Waals surface area contributed by atoms with Gasteiger partial charge in [0.15, 0.2) is 0 Å². The van der Waals surface area contributed by atoms with E-state index < -0.39 is 0 Å². The zero-order valence-corrected chi connectivity index (χ0v) is 10.3. The first-order valence-corrected chi connectivity index (χ1v) is 6.07. The molecule has 3 heteroatoms. The fraction of sp³-hybridized carbons (Fsp3) is 0.0625. The molecule has 0 saturated carbocycles. The van der Waals surface area contributed by atoms with E-state index in [1.54, 1.807) is 24.4 Å². The number of nitrogens with zero attached hydrogens (tertiary/aromatic N) is 1. The van der Waals surface area contributed by atoms with Crippen LogP contribution in [0.3, 0.4) is 0 Å². The molecule has 3 rings (SSSR count). The van der Waals surface area contributed by atoms with Crippen LogP contribution in [-0.4, -0.2) is 10.1 Å². The zero-order valence-electron chi connectivity index (χ0n) is 10.3. The molecule has 0 aliphatic carbocycles. The Bertz CT molecular complexity index is 704. The minimum Gasteiger partial charge on any atom is -0.508 e. The highest BCUT2D eigenvalue weighted by Gasteiger charge is 2.03. The van der Waals surface area contributed by atoms with Crippen LogP contribution >= 0.6 is 0 Å². The van der Waals surface area contributed by atoms with Gasteiger partial charge in [-0.3, -0.25) is 4.98 Å². The van der Waals surface area contributed by atoms with Crippen molar-refractivity contribution in [1.29, 1.82) is 0 Å². The Hall–Kier alpha value is -2.55. The summed E-state index contributed by atoms with van der Waals surface area (Å²) in [5.41, 5.74) is 1.98. The van der Waals surface area contributed by atoms with E-state index in [1.165, 1.54) is 0 Å². The SMILES string of the molecule is Oc1cccc(OCc2cccc3cccnc23)c1. The van der Waals surface area contributed by atoms with Crippen LogP contribution in [0.5, 0.6) is 11.5 Å². The quantitative estimate of drug-likeness (QED) is 0.774. The zero-order chi connectivity index (χ0) is 13.1. The van der Waals surface area contributed by atoms with E-state index in [0.717, 1.165) is 16.5 Å². The molecule has 3 aromatic rings. The van der Waals surface area contributed by atoms with E-state index in [-0.39, 0.29) is 5.75 Å². The molecule has 0 unspecified atom stereocenters. The van der Waals surface area contributed by atoms with E-state index in [0.29, 0.717) is 12.4 Å². The van der Waals surface area contributed by atoms with Gasteiger partial charge in [-0.05, 0) is 18.2 Å². The number of aromatic hydroxyl groups is 1. The van der Waals surface area contributed by atoms with Crippen LogP contribution in [0.4, 0.5) is 0 Å². The van der Waals surface area contributed by atoms with E-state index in [9.17, 15) is 5.11 Å². The van der Waals surface area contributed by atoms with Crippen LogP contribution in [0.25, 0.3) is 10.9 Å². The molecule has 3 nitrogen and oxygen atoms in total.